The molecule has 0 amide bonds. The van der Waals surface area contributed by atoms with E-state index in [1.807, 2.05) is 6.07 Å². The van der Waals surface area contributed by atoms with Gasteiger partial charge in [0.2, 0.25) is 0 Å². The number of alkyl halides is 3. The molecule has 0 spiro atoms. The molecule has 5 nitrogen and oxygen atoms in total. The molecular weight excluding hydrogens is 396 g/mol. The van der Waals surface area contributed by atoms with Gasteiger partial charge >= 0.3 is 6.18 Å². The third-order valence-corrected chi connectivity index (χ3v) is 4.86. The summed E-state index contributed by atoms with van der Waals surface area (Å²) in [5, 5.41) is 9.18. The molecule has 1 aliphatic rings. The lowest BCUT2D eigenvalue weighted by Gasteiger charge is -2.35. The third-order valence-electron chi connectivity index (χ3n) is 4.04. The van der Waals surface area contributed by atoms with Gasteiger partial charge in [0.05, 0.1) is 11.7 Å². The molecule has 1 aliphatic heterocycles. The molecular formula is C18H12F4N4OS. The first-order valence-corrected chi connectivity index (χ1v) is 8.69. The molecule has 0 bridgehead atoms. The lowest BCUT2D eigenvalue weighted by molar-refractivity contribution is -0.208. The predicted octanol–water partition coefficient (Wildman–Crippen LogP) is 3.43. The molecule has 3 rings (SSSR count). The maximum atomic E-state index is 14.4. The maximum absolute atomic E-state index is 14.4. The van der Waals surface area contributed by atoms with E-state index in [0.717, 1.165) is 17.4 Å². The van der Waals surface area contributed by atoms with Crippen molar-refractivity contribution in [3.05, 3.63) is 51.2 Å². The average molecular weight is 408 g/mol. The van der Waals surface area contributed by atoms with Gasteiger partial charge in [0.15, 0.2) is 11.1 Å². The predicted molar refractivity (Wildman–Crippen MR) is 93.7 cm³/mol. The van der Waals surface area contributed by atoms with E-state index in [2.05, 4.69) is 26.6 Å². The summed E-state index contributed by atoms with van der Waals surface area (Å²) in [4.78, 5) is 8.27. The van der Waals surface area contributed by atoms with Crippen LogP contribution in [-0.4, -0.2) is 23.3 Å². The second kappa shape index (κ2) is 7.13. The normalized spacial score (nSPS) is 21.7. The molecule has 0 saturated heterocycles. The van der Waals surface area contributed by atoms with Gasteiger partial charge in [0.25, 0.3) is 6.02 Å². The lowest BCUT2D eigenvalue weighted by atomic mass is 9.85. The van der Waals surface area contributed by atoms with E-state index in [0.29, 0.717) is 15.4 Å². The maximum Gasteiger partial charge on any atom is 0.425 e. The van der Waals surface area contributed by atoms with Crippen LogP contribution in [-0.2, 0) is 10.3 Å². The van der Waals surface area contributed by atoms with Crippen LogP contribution in [0.4, 0.5) is 17.6 Å². The van der Waals surface area contributed by atoms with Crippen molar-refractivity contribution in [3.8, 4) is 17.9 Å². The van der Waals surface area contributed by atoms with Crippen LogP contribution in [0.25, 0.3) is 0 Å². The summed E-state index contributed by atoms with van der Waals surface area (Å²) >= 11 is 1.09. The zero-order valence-corrected chi connectivity index (χ0v) is 15.2. The minimum Gasteiger partial charge on any atom is -0.452 e. The van der Waals surface area contributed by atoms with Gasteiger partial charge < -0.3 is 10.5 Å². The van der Waals surface area contributed by atoms with Gasteiger partial charge in [-0.1, -0.05) is 17.3 Å². The number of nitrogens with zero attached hydrogens (tertiary/aromatic N) is 3. The van der Waals surface area contributed by atoms with Crippen LogP contribution < -0.4 is 5.73 Å². The number of hydrogen-bond acceptors (Lipinski definition) is 6. The number of hydrogen-bond donors (Lipinski definition) is 1. The monoisotopic (exact) mass is 408 g/mol. The van der Waals surface area contributed by atoms with E-state index in [-0.39, 0.29) is 5.56 Å². The molecule has 1 aromatic carbocycles. The number of nitriles is 1. The van der Waals surface area contributed by atoms with Gasteiger partial charge in [-0.05, 0) is 31.0 Å². The summed E-state index contributed by atoms with van der Waals surface area (Å²) in [5.74, 6) is 4.77. The molecule has 0 unspecified atom stereocenters. The van der Waals surface area contributed by atoms with Crippen LogP contribution in [0.1, 0.15) is 34.4 Å². The van der Waals surface area contributed by atoms with Crippen LogP contribution in [0.15, 0.2) is 29.4 Å². The van der Waals surface area contributed by atoms with E-state index in [4.69, 9.17) is 11.0 Å². The highest BCUT2D eigenvalue weighted by Crippen LogP contribution is 2.40. The van der Waals surface area contributed by atoms with Gasteiger partial charge in [-0.25, -0.2) is 14.4 Å². The fraction of sp³-hybridized carbons (Fsp3) is 0.278. The van der Waals surface area contributed by atoms with Crippen molar-refractivity contribution in [1.82, 2.24) is 4.98 Å². The quantitative estimate of drug-likeness (QED) is 0.579. The minimum absolute atomic E-state index is 0.0725. The minimum atomic E-state index is -4.67. The van der Waals surface area contributed by atoms with Crippen molar-refractivity contribution in [2.45, 2.75) is 31.2 Å². The molecule has 0 fully saturated rings. The van der Waals surface area contributed by atoms with Crippen LogP contribution in [0.2, 0.25) is 0 Å². The highest BCUT2D eigenvalue weighted by Gasteiger charge is 2.50. The van der Waals surface area contributed by atoms with Crippen molar-refractivity contribution < 1.29 is 22.3 Å². The van der Waals surface area contributed by atoms with E-state index in [1.54, 1.807) is 0 Å². The number of ether oxygens (including phenoxy) is 1. The van der Waals surface area contributed by atoms with Gasteiger partial charge in [-0.2, -0.15) is 18.4 Å². The Balaban J connectivity index is 1.97. The SMILES string of the molecule is C[C@@]1(c2cc(C#Cc3ncc(C#N)s3)ccc2F)C[C@@H](C(F)(F)F)OC(N)=N1. The Labute approximate surface area is 161 Å². The lowest BCUT2D eigenvalue weighted by Crippen LogP contribution is -2.46. The van der Waals surface area contributed by atoms with Gasteiger partial charge in [0.1, 0.15) is 16.8 Å². The Bertz CT molecular complexity index is 1040. The number of benzene rings is 1. The smallest absolute Gasteiger partial charge is 0.425 e. The van der Waals surface area contributed by atoms with Crippen molar-refractivity contribution in [3.63, 3.8) is 0 Å². The molecule has 1 aromatic heterocycles. The summed E-state index contributed by atoms with van der Waals surface area (Å²) in [6.07, 6.45) is -6.10. The van der Waals surface area contributed by atoms with Crippen LogP contribution >= 0.6 is 11.3 Å². The molecule has 0 aliphatic carbocycles. The standard InChI is InChI=1S/C18H12F4N4OS/c1-17(7-14(18(20,21)22)27-16(24)26-17)12-6-10(2-4-13(12)19)3-5-15-25-9-11(8-23)28-15/h2,4,6,9,14H,7H2,1H3,(H2,24,26)/t14-,17-/m0/s1. The molecule has 2 heterocycles. The summed E-state index contributed by atoms with van der Waals surface area (Å²) in [7, 11) is 0. The Morgan fingerprint density at radius 1 is 1.36 bits per heavy atom. The second-order valence-corrected chi connectivity index (χ2v) is 7.19. The zero-order valence-electron chi connectivity index (χ0n) is 14.3. The summed E-state index contributed by atoms with van der Waals surface area (Å²) in [5.41, 5.74) is 4.13. The van der Waals surface area contributed by atoms with Gasteiger partial charge in [-0.15, -0.1) is 0 Å². The van der Waals surface area contributed by atoms with Gasteiger partial charge in [-0.3, -0.25) is 0 Å². The largest absolute Gasteiger partial charge is 0.452 e. The zero-order chi connectivity index (χ0) is 20.5. The fourth-order valence-corrected chi connectivity index (χ4v) is 3.31. The van der Waals surface area contributed by atoms with Crippen molar-refractivity contribution in [1.29, 1.82) is 5.26 Å². The number of aromatic nitrogens is 1. The first-order valence-electron chi connectivity index (χ1n) is 7.87. The molecule has 0 radical (unpaired) electrons. The topological polar surface area (TPSA) is 84.3 Å². The first-order chi connectivity index (χ1) is 13.1. The third kappa shape index (κ3) is 4.07. The van der Waals surface area contributed by atoms with E-state index in [1.165, 1.54) is 25.3 Å². The Kier molecular flexibility index (Phi) is 5.01. The number of amidine groups is 1. The Morgan fingerprint density at radius 3 is 2.75 bits per heavy atom. The van der Waals surface area contributed by atoms with Crippen LogP contribution in [0.3, 0.4) is 0 Å². The molecule has 0 saturated carbocycles. The molecule has 10 heteroatoms. The molecule has 144 valence electrons. The average Bonchev–Trinajstić information content (AvgIpc) is 3.07. The van der Waals surface area contributed by atoms with E-state index < -0.39 is 36.1 Å². The second-order valence-electron chi connectivity index (χ2n) is 6.16. The van der Waals surface area contributed by atoms with Crippen molar-refractivity contribution in [2.24, 2.45) is 10.7 Å². The van der Waals surface area contributed by atoms with Crippen molar-refractivity contribution >= 4 is 17.4 Å². The summed E-state index contributed by atoms with van der Waals surface area (Å²) in [6, 6.07) is 5.11. The van der Waals surface area contributed by atoms with E-state index >= 15 is 0 Å². The Morgan fingerprint density at radius 2 is 2.11 bits per heavy atom. The number of nitrogens with two attached hydrogens (primary N) is 1. The van der Waals surface area contributed by atoms with Gasteiger partial charge in [0, 0.05) is 17.5 Å². The highest BCUT2D eigenvalue weighted by atomic mass is 32.1. The first kappa shape index (κ1) is 19.6. The fourth-order valence-electron chi connectivity index (χ4n) is 2.74. The number of aliphatic imine (C=N–C) groups is 1. The van der Waals surface area contributed by atoms with Crippen molar-refractivity contribution in [2.75, 3.05) is 0 Å². The summed E-state index contributed by atoms with van der Waals surface area (Å²) in [6.45, 7) is 1.36. The highest BCUT2D eigenvalue weighted by molar-refractivity contribution is 7.12. The molecule has 2 N–H and O–H groups in total. The molecule has 28 heavy (non-hydrogen) atoms. The number of rotatable bonds is 1. The summed E-state index contributed by atoms with van der Waals surface area (Å²) < 4.78 is 58.3. The molecule has 2 aromatic rings. The number of halogens is 4. The number of thiazole rings is 1. The van der Waals surface area contributed by atoms with Crippen LogP contribution in [0, 0.1) is 29.0 Å². The Hall–Kier alpha value is -3.11. The van der Waals surface area contributed by atoms with Crippen LogP contribution in [0.5, 0.6) is 0 Å². The van der Waals surface area contributed by atoms with E-state index in [9.17, 15) is 17.6 Å². The molecule has 2 atom stereocenters.